The molecular formula is C12H20N2O3. The minimum Gasteiger partial charge on any atom is -0.481 e. The molecule has 1 saturated carbocycles. The molecular weight excluding hydrogens is 220 g/mol. The molecule has 17 heavy (non-hydrogen) atoms. The summed E-state index contributed by atoms with van der Waals surface area (Å²) in [6.45, 7) is 7.41. The number of amides is 2. The summed E-state index contributed by atoms with van der Waals surface area (Å²) in [6, 6.07) is -0.292. The van der Waals surface area contributed by atoms with Crippen LogP contribution < -0.4 is 5.32 Å². The van der Waals surface area contributed by atoms with E-state index in [4.69, 9.17) is 5.11 Å². The van der Waals surface area contributed by atoms with Gasteiger partial charge in [0.05, 0.1) is 5.92 Å². The molecule has 0 aromatic rings. The Balaban J connectivity index is 2.51. The Morgan fingerprint density at radius 3 is 2.53 bits per heavy atom. The van der Waals surface area contributed by atoms with Crippen molar-refractivity contribution in [2.75, 3.05) is 6.54 Å². The summed E-state index contributed by atoms with van der Waals surface area (Å²) in [4.78, 5) is 24.4. The van der Waals surface area contributed by atoms with Crippen LogP contribution in [0.2, 0.25) is 0 Å². The van der Waals surface area contributed by atoms with Crippen LogP contribution >= 0.6 is 0 Å². The van der Waals surface area contributed by atoms with Gasteiger partial charge in [-0.2, -0.15) is 0 Å². The number of hydrogen-bond acceptors (Lipinski definition) is 2. The van der Waals surface area contributed by atoms with Gasteiger partial charge < -0.3 is 15.3 Å². The molecule has 0 bridgehead atoms. The average molecular weight is 240 g/mol. The fourth-order valence-corrected chi connectivity index (χ4v) is 1.54. The monoisotopic (exact) mass is 240 g/mol. The molecule has 0 aromatic heterocycles. The van der Waals surface area contributed by atoms with Crippen molar-refractivity contribution in [3.63, 3.8) is 0 Å². The quantitative estimate of drug-likeness (QED) is 0.690. The van der Waals surface area contributed by atoms with Crippen LogP contribution in [0.3, 0.4) is 0 Å². The van der Waals surface area contributed by atoms with Gasteiger partial charge in [-0.15, -0.1) is 6.58 Å². The first kappa shape index (κ1) is 13.5. The van der Waals surface area contributed by atoms with Crippen LogP contribution in [0.4, 0.5) is 4.79 Å². The van der Waals surface area contributed by atoms with Gasteiger partial charge in [-0.25, -0.2) is 4.79 Å². The van der Waals surface area contributed by atoms with Gasteiger partial charge in [0, 0.05) is 18.6 Å². The van der Waals surface area contributed by atoms with Crippen LogP contribution in [0, 0.1) is 5.92 Å². The first-order chi connectivity index (χ1) is 7.97. The highest BCUT2D eigenvalue weighted by Gasteiger charge is 2.33. The Labute approximate surface area is 101 Å². The Morgan fingerprint density at radius 1 is 1.53 bits per heavy atom. The molecule has 0 aromatic carbocycles. The molecule has 0 saturated heterocycles. The maximum absolute atomic E-state index is 11.9. The number of carboxylic acid groups (broad SMARTS) is 1. The maximum Gasteiger partial charge on any atom is 0.318 e. The van der Waals surface area contributed by atoms with E-state index < -0.39 is 11.9 Å². The highest BCUT2D eigenvalue weighted by Crippen LogP contribution is 2.26. The molecule has 0 spiro atoms. The molecule has 2 unspecified atom stereocenters. The van der Waals surface area contributed by atoms with E-state index in [0.29, 0.717) is 12.6 Å². The zero-order valence-corrected chi connectivity index (χ0v) is 10.3. The second-order valence-electron chi connectivity index (χ2n) is 4.54. The van der Waals surface area contributed by atoms with Gasteiger partial charge in [-0.05, 0) is 26.7 Å². The van der Waals surface area contributed by atoms with E-state index in [1.54, 1.807) is 24.8 Å². The van der Waals surface area contributed by atoms with Gasteiger partial charge in [0.25, 0.3) is 0 Å². The molecule has 0 aliphatic heterocycles. The first-order valence-electron chi connectivity index (χ1n) is 5.88. The van der Waals surface area contributed by atoms with Gasteiger partial charge in [0.2, 0.25) is 0 Å². The van der Waals surface area contributed by atoms with Crippen molar-refractivity contribution < 1.29 is 14.7 Å². The second kappa shape index (κ2) is 5.70. The highest BCUT2D eigenvalue weighted by molar-refractivity contribution is 5.77. The molecule has 1 rings (SSSR count). The lowest BCUT2D eigenvalue weighted by Gasteiger charge is -2.25. The smallest absolute Gasteiger partial charge is 0.318 e. The van der Waals surface area contributed by atoms with E-state index in [1.165, 1.54) is 0 Å². The van der Waals surface area contributed by atoms with E-state index in [9.17, 15) is 9.59 Å². The van der Waals surface area contributed by atoms with Crippen molar-refractivity contribution in [1.29, 1.82) is 0 Å². The van der Waals surface area contributed by atoms with Gasteiger partial charge >= 0.3 is 12.0 Å². The Morgan fingerprint density at radius 2 is 2.12 bits per heavy atom. The lowest BCUT2D eigenvalue weighted by atomic mass is 10.0. The molecule has 1 aliphatic carbocycles. The maximum atomic E-state index is 11.9. The summed E-state index contributed by atoms with van der Waals surface area (Å²) in [5, 5.41) is 11.6. The third-order valence-corrected chi connectivity index (χ3v) is 3.06. The molecule has 5 nitrogen and oxygen atoms in total. The fraction of sp³-hybridized carbons (Fsp3) is 0.667. The Kier molecular flexibility index (Phi) is 4.54. The van der Waals surface area contributed by atoms with Crippen LogP contribution in [0.15, 0.2) is 12.7 Å². The molecule has 1 aliphatic rings. The molecule has 5 heteroatoms. The second-order valence-corrected chi connectivity index (χ2v) is 4.54. The zero-order chi connectivity index (χ0) is 13.0. The number of carbonyl (C=O) groups excluding carboxylic acids is 1. The van der Waals surface area contributed by atoms with Gasteiger partial charge in [0.15, 0.2) is 0 Å². The van der Waals surface area contributed by atoms with Gasteiger partial charge in [-0.1, -0.05) is 6.08 Å². The number of carboxylic acids is 1. The van der Waals surface area contributed by atoms with E-state index in [-0.39, 0.29) is 12.1 Å². The lowest BCUT2D eigenvalue weighted by molar-refractivity contribution is -0.141. The topological polar surface area (TPSA) is 69.6 Å². The summed E-state index contributed by atoms with van der Waals surface area (Å²) in [5.41, 5.74) is 0. The summed E-state index contributed by atoms with van der Waals surface area (Å²) >= 11 is 0. The van der Waals surface area contributed by atoms with Crippen molar-refractivity contribution in [2.24, 2.45) is 5.92 Å². The summed E-state index contributed by atoms with van der Waals surface area (Å²) < 4.78 is 0. The molecule has 2 atom stereocenters. The number of urea groups is 1. The predicted octanol–water partition coefficient (Wildman–Crippen LogP) is 1.46. The Bertz CT molecular complexity index is 313. The zero-order valence-electron chi connectivity index (χ0n) is 10.3. The number of nitrogens with one attached hydrogen (secondary N) is 1. The van der Waals surface area contributed by atoms with Crippen molar-refractivity contribution in [1.82, 2.24) is 10.2 Å². The first-order valence-corrected chi connectivity index (χ1v) is 5.88. The lowest BCUT2D eigenvalue weighted by Crippen LogP contribution is -2.48. The van der Waals surface area contributed by atoms with Crippen molar-refractivity contribution in [2.45, 2.75) is 38.8 Å². The van der Waals surface area contributed by atoms with Crippen LogP contribution in [0.5, 0.6) is 0 Å². The van der Waals surface area contributed by atoms with Crippen LogP contribution in [-0.2, 0) is 4.79 Å². The predicted molar refractivity (Wildman–Crippen MR) is 64.7 cm³/mol. The van der Waals surface area contributed by atoms with Gasteiger partial charge in [0.1, 0.15) is 0 Å². The van der Waals surface area contributed by atoms with Crippen molar-refractivity contribution in [3.8, 4) is 0 Å². The van der Waals surface area contributed by atoms with Crippen LogP contribution in [-0.4, -0.2) is 40.6 Å². The fourth-order valence-electron chi connectivity index (χ4n) is 1.54. The van der Waals surface area contributed by atoms with Crippen LogP contribution in [0.25, 0.3) is 0 Å². The number of aliphatic carboxylic acids is 1. The molecule has 96 valence electrons. The molecule has 2 N–H and O–H groups in total. The van der Waals surface area contributed by atoms with E-state index in [1.807, 2.05) is 0 Å². The minimum absolute atomic E-state index is 0.201. The Hall–Kier alpha value is -1.52. The number of carbonyl (C=O) groups is 2. The third-order valence-electron chi connectivity index (χ3n) is 3.06. The number of nitrogens with zero attached hydrogens (tertiary/aromatic N) is 1. The van der Waals surface area contributed by atoms with Crippen molar-refractivity contribution >= 4 is 12.0 Å². The SMILES string of the molecule is C=CCN(C(=O)NC(C)C(C)C(=O)O)C1CC1. The summed E-state index contributed by atoms with van der Waals surface area (Å²) in [5.74, 6) is -1.50. The number of hydrogen-bond donors (Lipinski definition) is 2. The summed E-state index contributed by atoms with van der Waals surface area (Å²) in [6.07, 6.45) is 3.72. The molecule has 0 radical (unpaired) electrons. The molecule has 2 amide bonds. The van der Waals surface area contributed by atoms with E-state index >= 15 is 0 Å². The summed E-state index contributed by atoms with van der Waals surface area (Å²) in [7, 11) is 0. The third kappa shape index (κ3) is 3.76. The number of rotatable bonds is 6. The van der Waals surface area contributed by atoms with Crippen molar-refractivity contribution in [3.05, 3.63) is 12.7 Å². The largest absolute Gasteiger partial charge is 0.481 e. The average Bonchev–Trinajstić information content (AvgIpc) is 3.08. The minimum atomic E-state index is -0.903. The molecule has 0 heterocycles. The van der Waals surface area contributed by atoms with E-state index in [0.717, 1.165) is 12.8 Å². The van der Waals surface area contributed by atoms with E-state index in [2.05, 4.69) is 11.9 Å². The standard InChI is InChI=1S/C12H20N2O3/c1-4-7-14(10-5-6-10)12(17)13-9(3)8(2)11(15)16/h4,8-10H,1,5-7H2,2-3H3,(H,13,17)(H,15,16). The molecule has 1 fully saturated rings. The highest BCUT2D eigenvalue weighted by atomic mass is 16.4. The normalized spacial score (nSPS) is 18.0. The van der Waals surface area contributed by atoms with Crippen LogP contribution in [0.1, 0.15) is 26.7 Å². The van der Waals surface area contributed by atoms with Gasteiger partial charge in [-0.3, -0.25) is 4.79 Å².